The Bertz CT molecular complexity index is 405. The van der Waals surface area contributed by atoms with E-state index in [0.717, 1.165) is 25.1 Å². The molecule has 1 aromatic rings. The van der Waals surface area contributed by atoms with Gasteiger partial charge in [0.2, 0.25) is 0 Å². The molecular weight excluding hydrogens is 257 g/mol. The summed E-state index contributed by atoms with van der Waals surface area (Å²) in [6.45, 7) is 3.07. The van der Waals surface area contributed by atoms with E-state index in [1.807, 2.05) is 0 Å². The molecule has 1 aliphatic rings. The third kappa shape index (κ3) is 4.63. The number of ether oxygens (including phenoxy) is 1. The van der Waals surface area contributed by atoms with Crippen molar-refractivity contribution in [3.05, 3.63) is 24.3 Å². The third-order valence-corrected chi connectivity index (χ3v) is 3.08. The number of hydrogen-bond acceptors (Lipinski definition) is 3. The zero-order valence-corrected chi connectivity index (χ0v) is 10.6. The lowest BCUT2D eigenvalue weighted by Crippen LogP contribution is -2.41. The number of halogens is 3. The van der Waals surface area contributed by atoms with Crippen LogP contribution >= 0.6 is 0 Å². The average Bonchev–Trinajstić information content (AvgIpc) is 2.30. The topological polar surface area (TPSA) is 33.3 Å². The van der Waals surface area contributed by atoms with Crippen molar-refractivity contribution in [2.45, 2.75) is 38.2 Å². The minimum Gasteiger partial charge on any atom is -0.406 e. The molecule has 0 spiro atoms. The standard InChI is InChI=1S/C13H17F3N2O/c1-9-8-11(6-7-17-9)18-10-2-4-12(5-3-10)19-13(14,15)16/h2-5,9,11,17-18H,6-8H2,1H3. The molecule has 0 aromatic heterocycles. The zero-order chi connectivity index (χ0) is 13.9. The van der Waals surface area contributed by atoms with Crippen LogP contribution in [0.25, 0.3) is 0 Å². The largest absolute Gasteiger partial charge is 0.573 e. The molecular formula is C13H17F3N2O. The van der Waals surface area contributed by atoms with Gasteiger partial charge in [0.25, 0.3) is 0 Å². The van der Waals surface area contributed by atoms with Crippen LogP contribution in [-0.4, -0.2) is 25.0 Å². The number of nitrogens with one attached hydrogen (secondary N) is 2. The Morgan fingerprint density at radius 3 is 2.53 bits per heavy atom. The molecule has 2 rings (SSSR count). The Morgan fingerprint density at radius 2 is 1.95 bits per heavy atom. The van der Waals surface area contributed by atoms with E-state index in [1.165, 1.54) is 12.1 Å². The highest BCUT2D eigenvalue weighted by atomic mass is 19.4. The Kier molecular flexibility index (Phi) is 4.19. The second-order valence-electron chi connectivity index (χ2n) is 4.79. The first kappa shape index (κ1) is 14.0. The van der Waals surface area contributed by atoms with Gasteiger partial charge in [0.1, 0.15) is 5.75 Å². The highest BCUT2D eigenvalue weighted by molar-refractivity contribution is 5.47. The van der Waals surface area contributed by atoms with Gasteiger partial charge >= 0.3 is 6.36 Å². The summed E-state index contributed by atoms with van der Waals surface area (Å²) in [6.07, 6.45) is -2.63. The lowest BCUT2D eigenvalue weighted by atomic mass is 10.0. The maximum atomic E-state index is 12.0. The van der Waals surface area contributed by atoms with Gasteiger partial charge in [0, 0.05) is 17.8 Å². The lowest BCUT2D eigenvalue weighted by molar-refractivity contribution is -0.274. The van der Waals surface area contributed by atoms with Crippen molar-refractivity contribution in [3.63, 3.8) is 0 Å². The van der Waals surface area contributed by atoms with Gasteiger partial charge in [-0.15, -0.1) is 13.2 Å². The molecule has 0 saturated carbocycles. The van der Waals surface area contributed by atoms with Gasteiger partial charge < -0.3 is 15.4 Å². The molecule has 106 valence electrons. The number of benzene rings is 1. The Balaban J connectivity index is 1.91. The number of alkyl halides is 3. The molecule has 0 amide bonds. The van der Waals surface area contributed by atoms with E-state index in [-0.39, 0.29) is 5.75 Å². The summed E-state index contributed by atoms with van der Waals surface area (Å²) >= 11 is 0. The summed E-state index contributed by atoms with van der Waals surface area (Å²) < 4.78 is 39.9. The molecule has 2 unspecified atom stereocenters. The predicted molar refractivity (Wildman–Crippen MR) is 67.2 cm³/mol. The first-order valence-electron chi connectivity index (χ1n) is 6.28. The van der Waals surface area contributed by atoms with Gasteiger partial charge in [0.05, 0.1) is 0 Å². The lowest BCUT2D eigenvalue weighted by Gasteiger charge is -2.29. The molecule has 6 heteroatoms. The van der Waals surface area contributed by atoms with Crippen molar-refractivity contribution in [1.29, 1.82) is 0 Å². The first-order valence-corrected chi connectivity index (χ1v) is 6.28. The van der Waals surface area contributed by atoms with Gasteiger partial charge in [-0.2, -0.15) is 0 Å². The maximum Gasteiger partial charge on any atom is 0.573 e. The van der Waals surface area contributed by atoms with Crippen molar-refractivity contribution >= 4 is 5.69 Å². The van der Waals surface area contributed by atoms with Crippen LogP contribution < -0.4 is 15.4 Å². The number of piperidine rings is 1. The Morgan fingerprint density at radius 1 is 1.26 bits per heavy atom. The fourth-order valence-electron chi connectivity index (χ4n) is 2.25. The predicted octanol–water partition coefficient (Wildman–Crippen LogP) is 3.14. The first-order chi connectivity index (χ1) is 8.92. The smallest absolute Gasteiger partial charge is 0.406 e. The van der Waals surface area contributed by atoms with Crippen LogP contribution in [0, 0.1) is 0 Å². The fraction of sp³-hybridized carbons (Fsp3) is 0.538. The molecule has 2 N–H and O–H groups in total. The van der Waals surface area contributed by atoms with Gasteiger partial charge in [-0.3, -0.25) is 0 Å². The van der Waals surface area contributed by atoms with E-state index in [0.29, 0.717) is 12.1 Å². The van der Waals surface area contributed by atoms with Crippen molar-refractivity contribution in [1.82, 2.24) is 5.32 Å². The summed E-state index contributed by atoms with van der Waals surface area (Å²) in [5.41, 5.74) is 0.814. The van der Waals surface area contributed by atoms with E-state index < -0.39 is 6.36 Å². The molecule has 1 aliphatic heterocycles. The Labute approximate surface area is 110 Å². The van der Waals surface area contributed by atoms with Crippen molar-refractivity contribution in [3.8, 4) is 5.75 Å². The number of rotatable bonds is 3. The minimum atomic E-state index is -4.64. The van der Waals surface area contributed by atoms with Crippen molar-refractivity contribution in [2.75, 3.05) is 11.9 Å². The molecule has 2 atom stereocenters. The molecule has 19 heavy (non-hydrogen) atoms. The Hall–Kier alpha value is -1.43. The molecule has 0 bridgehead atoms. The van der Waals surface area contributed by atoms with Crippen molar-refractivity contribution in [2.24, 2.45) is 0 Å². The van der Waals surface area contributed by atoms with Crippen LogP contribution in [0.1, 0.15) is 19.8 Å². The molecule has 3 nitrogen and oxygen atoms in total. The van der Waals surface area contributed by atoms with Crippen LogP contribution in [0.2, 0.25) is 0 Å². The quantitative estimate of drug-likeness (QED) is 0.888. The van der Waals surface area contributed by atoms with E-state index in [9.17, 15) is 13.2 Å². The molecule has 1 fully saturated rings. The molecule has 1 saturated heterocycles. The van der Waals surface area contributed by atoms with Crippen LogP contribution in [0.5, 0.6) is 5.75 Å². The molecule has 0 aliphatic carbocycles. The molecule has 1 aromatic carbocycles. The average molecular weight is 274 g/mol. The van der Waals surface area contributed by atoms with Crippen LogP contribution in [-0.2, 0) is 0 Å². The van der Waals surface area contributed by atoms with Crippen LogP contribution in [0.4, 0.5) is 18.9 Å². The second kappa shape index (κ2) is 5.69. The summed E-state index contributed by atoms with van der Waals surface area (Å²) in [5.74, 6) is -0.197. The third-order valence-electron chi connectivity index (χ3n) is 3.08. The maximum absolute atomic E-state index is 12.0. The highest BCUT2D eigenvalue weighted by Gasteiger charge is 2.31. The van der Waals surface area contributed by atoms with E-state index in [4.69, 9.17) is 0 Å². The monoisotopic (exact) mass is 274 g/mol. The summed E-state index contributed by atoms with van der Waals surface area (Å²) in [6, 6.07) is 6.66. The SMILES string of the molecule is CC1CC(Nc2ccc(OC(F)(F)F)cc2)CCN1. The number of anilines is 1. The highest BCUT2D eigenvalue weighted by Crippen LogP contribution is 2.24. The van der Waals surface area contributed by atoms with Gasteiger partial charge in [-0.05, 0) is 50.6 Å². The molecule has 0 radical (unpaired) electrons. The van der Waals surface area contributed by atoms with E-state index >= 15 is 0 Å². The van der Waals surface area contributed by atoms with Crippen molar-refractivity contribution < 1.29 is 17.9 Å². The fourth-order valence-corrected chi connectivity index (χ4v) is 2.25. The molecule has 1 heterocycles. The minimum absolute atomic E-state index is 0.197. The second-order valence-corrected chi connectivity index (χ2v) is 4.79. The summed E-state index contributed by atoms with van der Waals surface area (Å²) in [5, 5.41) is 6.67. The van der Waals surface area contributed by atoms with Gasteiger partial charge in [-0.25, -0.2) is 0 Å². The van der Waals surface area contributed by atoms with Crippen LogP contribution in [0.15, 0.2) is 24.3 Å². The van der Waals surface area contributed by atoms with Crippen LogP contribution in [0.3, 0.4) is 0 Å². The van der Waals surface area contributed by atoms with E-state index in [2.05, 4.69) is 22.3 Å². The van der Waals surface area contributed by atoms with E-state index in [1.54, 1.807) is 12.1 Å². The van der Waals surface area contributed by atoms with Gasteiger partial charge in [-0.1, -0.05) is 0 Å². The summed E-state index contributed by atoms with van der Waals surface area (Å²) in [4.78, 5) is 0. The number of hydrogen-bond donors (Lipinski definition) is 2. The normalized spacial score (nSPS) is 24.0. The zero-order valence-electron chi connectivity index (χ0n) is 10.6. The summed E-state index contributed by atoms with van der Waals surface area (Å²) in [7, 11) is 0. The van der Waals surface area contributed by atoms with Gasteiger partial charge in [0.15, 0.2) is 0 Å².